The number of aromatic amines is 2. The van der Waals surface area contributed by atoms with Crippen molar-refractivity contribution in [3.05, 3.63) is 226 Å². The molecule has 0 spiro atoms. The van der Waals surface area contributed by atoms with E-state index < -0.39 is 83.6 Å². The molecule has 32 heteroatoms. The Morgan fingerprint density at radius 2 is 0.552 bits per heavy atom. The van der Waals surface area contributed by atoms with E-state index in [9.17, 15) is 58.2 Å². The SMILES string of the molecule is COC(=O)[C@H](CCCCN)NC(=O)[C@H](Cc1ccc(O)cc1)NC(=O)c1ccc(-c2c3nc(c(-c4ccc(C(=O)N[C@@H](CCCCN)C(=O)NCCCCCN)cc4)c4ccc([nH]4)c(-c4ccc(C(=O)N[C@@H](Cc5ccc(O)cc5)C(=O)N[C@@H](CCCCN)C(=O)OC)cc4)c4nc(c(-c5ccc(C(=O)N[C@@H](CCCCN)C(=O)NCCCCCN)cc5)c5ccc2[nH]5)C=C4)C=C3)cc1. The number of ether oxygens (including phenoxy) is 2. The van der Waals surface area contributed by atoms with Crippen LogP contribution in [-0.4, -0.2) is 192 Å². The molecule has 0 fully saturated rings. The van der Waals surface area contributed by atoms with Crippen molar-refractivity contribution in [1.82, 2.24) is 62.5 Å². The van der Waals surface area contributed by atoms with Crippen LogP contribution in [0.15, 0.2) is 170 Å². The first-order valence-electron chi connectivity index (χ1n) is 46.0. The molecule has 0 saturated carbocycles. The van der Waals surface area contributed by atoms with Crippen LogP contribution in [0.1, 0.15) is 191 Å². The Morgan fingerprint density at radius 3 is 0.813 bits per heavy atom. The normalized spacial score (nSPS) is 12.8. The van der Waals surface area contributed by atoms with Gasteiger partial charge in [-0.1, -0.05) is 85.6 Å². The standard InChI is InChI=1S/C102H124N18O14/c1-133-101(131)85(19-7-13-57-107)117-99(129)87(61-63-21-41-73(121)42-22-63)119-95(125)71-37-29-67(30-38-71)91-79-49-45-75(111-79)89(65-25-33-69(34-26-65)93(123)115-83(17-5-11-55-105)97(127)109-59-15-3-9-53-103)77-47-51-81(113-77)92(68-31-39-72(40-32-68)96(126)120-88(62-64-23-43-74(122)44-24-64)100(130)118-86(102(132)134-2)20-8-14-58-108)82-52-48-78(114-82)90(76-46-50-80(91)112-76)66-27-35-70(36-28-66)94(124)116-84(18-6-12-56-106)98(128)110-60-16-4-10-54-104/h21-52,83-88,111,114,121-122H,3-20,53-62,103-108H2,1-2H3,(H,109,127)(H,110,128)(H,115,123)(H,116,124)(H,117,129)(H,118,130)(H,119,125)(H,120,126)/t83-,84-,85-,86-,87-,88-/m0/s1. The molecular weight excluding hydrogens is 1700 g/mol. The molecule has 0 aliphatic carbocycles. The summed E-state index contributed by atoms with van der Waals surface area (Å²) in [6, 6.07) is 41.1. The van der Waals surface area contributed by atoms with Gasteiger partial charge < -0.3 is 107 Å². The number of carbonyl (C=O) groups is 10. The van der Waals surface area contributed by atoms with Gasteiger partial charge in [-0.3, -0.25) is 38.4 Å². The highest BCUT2D eigenvalue weighted by molar-refractivity contribution is 6.05. The summed E-state index contributed by atoms with van der Waals surface area (Å²) >= 11 is 0. The highest BCUT2D eigenvalue weighted by Gasteiger charge is 2.32. The van der Waals surface area contributed by atoms with Gasteiger partial charge in [0, 0.05) is 92.5 Å². The minimum absolute atomic E-state index is 0.00527. The van der Waals surface area contributed by atoms with E-state index in [4.69, 9.17) is 53.8 Å². The number of phenolic OH excluding ortho intramolecular Hbond substituents is 2. The number of aromatic nitrogens is 4. The van der Waals surface area contributed by atoms with Crippen molar-refractivity contribution < 1.29 is 67.6 Å². The molecule has 706 valence electrons. The number of carbonyl (C=O) groups excluding carboxylic acids is 10. The molecule has 134 heavy (non-hydrogen) atoms. The zero-order chi connectivity index (χ0) is 95.4. The van der Waals surface area contributed by atoms with Crippen LogP contribution in [-0.2, 0) is 51.1 Å². The Morgan fingerprint density at radius 1 is 0.299 bits per heavy atom. The second kappa shape index (κ2) is 51.1. The van der Waals surface area contributed by atoms with Gasteiger partial charge in [0.1, 0.15) is 47.8 Å². The zero-order valence-electron chi connectivity index (χ0n) is 75.9. The number of amides is 8. The minimum atomic E-state index is -1.23. The summed E-state index contributed by atoms with van der Waals surface area (Å²) in [5.74, 6) is -5.50. The van der Waals surface area contributed by atoms with E-state index >= 15 is 0 Å². The summed E-state index contributed by atoms with van der Waals surface area (Å²) in [5.41, 5.74) is 45.5. The second-order valence-corrected chi connectivity index (χ2v) is 33.2. The first-order chi connectivity index (χ1) is 65.0. The van der Waals surface area contributed by atoms with Crippen LogP contribution < -0.4 is 76.9 Å². The van der Waals surface area contributed by atoms with Gasteiger partial charge in [0.25, 0.3) is 23.6 Å². The molecule has 8 bridgehead atoms. The van der Waals surface area contributed by atoms with Gasteiger partial charge >= 0.3 is 11.9 Å². The van der Waals surface area contributed by atoms with Crippen LogP contribution in [0, 0.1) is 0 Å². The van der Waals surface area contributed by atoms with Crippen LogP contribution in [0.4, 0.5) is 0 Å². The average molecular weight is 1830 g/mol. The Labute approximate surface area is 779 Å². The fourth-order valence-electron chi connectivity index (χ4n) is 16.1. The predicted octanol–water partition coefficient (Wildman–Crippen LogP) is 9.94. The number of esters is 2. The quantitative estimate of drug-likeness (QED) is 0.0124. The summed E-state index contributed by atoms with van der Waals surface area (Å²) in [6.07, 6.45) is 18.0. The number of nitrogens with one attached hydrogen (secondary N) is 10. The number of nitrogens with two attached hydrogens (primary N) is 6. The Hall–Kier alpha value is -14.0. The Balaban J connectivity index is 1.08. The van der Waals surface area contributed by atoms with E-state index in [0.29, 0.717) is 217 Å². The topological polar surface area (TPSA) is 539 Å². The lowest BCUT2D eigenvalue weighted by Gasteiger charge is -2.22. The average Bonchev–Trinajstić information content (AvgIpc) is 1.61. The van der Waals surface area contributed by atoms with E-state index in [1.165, 1.54) is 38.5 Å². The third kappa shape index (κ3) is 28.0. The molecule has 6 aromatic carbocycles. The molecule has 0 unspecified atom stereocenters. The fourth-order valence-corrected chi connectivity index (χ4v) is 16.1. The maximum atomic E-state index is 14.8. The van der Waals surface area contributed by atoms with Gasteiger partial charge in [-0.25, -0.2) is 19.6 Å². The van der Waals surface area contributed by atoms with Gasteiger partial charge in [0.05, 0.1) is 37.0 Å². The number of hydrogen-bond donors (Lipinski definition) is 18. The van der Waals surface area contributed by atoms with Gasteiger partial charge in [-0.2, -0.15) is 0 Å². The number of nitrogens with zero attached hydrogens (tertiary/aromatic N) is 2. The number of hydrogen-bond acceptors (Lipinski definition) is 22. The molecule has 24 N–H and O–H groups in total. The number of benzene rings is 6. The summed E-state index contributed by atoms with van der Waals surface area (Å²) in [6.45, 7) is 3.45. The number of fused-ring (bicyclic) bond motifs is 8. The van der Waals surface area contributed by atoms with Crippen molar-refractivity contribution in [2.24, 2.45) is 34.4 Å². The number of unbranched alkanes of at least 4 members (excludes halogenated alkanes) is 8. The minimum Gasteiger partial charge on any atom is -0.508 e. The molecule has 3 aromatic heterocycles. The van der Waals surface area contributed by atoms with E-state index in [-0.39, 0.29) is 71.3 Å². The Bertz CT molecular complexity index is 5410. The van der Waals surface area contributed by atoms with Crippen molar-refractivity contribution in [3.63, 3.8) is 0 Å². The number of phenols is 2. The van der Waals surface area contributed by atoms with Crippen molar-refractivity contribution in [3.8, 4) is 56.0 Å². The summed E-state index contributed by atoms with van der Waals surface area (Å²) in [5, 5.41) is 43.8. The fraction of sp³-hybridized carbons (Fsp3) is 0.353. The third-order valence-corrected chi connectivity index (χ3v) is 23.5. The highest BCUT2D eigenvalue weighted by atomic mass is 16.5. The van der Waals surface area contributed by atoms with Gasteiger partial charge in [0.2, 0.25) is 23.6 Å². The molecule has 9 aromatic rings. The number of H-pyrrole nitrogens is 2. The third-order valence-electron chi connectivity index (χ3n) is 23.5. The molecule has 0 saturated heterocycles. The van der Waals surface area contributed by atoms with Crippen molar-refractivity contribution >= 4 is 106 Å². The van der Waals surface area contributed by atoms with Gasteiger partial charge in [0.15, 0.2) is 0 Å². The number of methoxy groups -OCH3 is 2. The van der Waals surface area contributed by atoms with Crippen LogP contribution >= 0.6 is 0 Å². The van der Waals surface area contributed by atoms with E-state index in [1.54, 1.807) is 121 Å². The lowest BCUT2D eigenvalue weighted by Crippen LogP contribution is -2.52. The van der Waals surface area contributed by atoms with Gasteiger partial charge in [-0.15, -0.1) is 0 Å². The number of aromatic hydroxyl groups is 2. The van der Waals surface area contributed by atoms with E-state index in [2.05, 4.69) is 52.5 Å². The molecule has 11 rings (SSSR count). The molecular formula is C102H124N18O14. The van der Waals surface area contributed by atoms with E-state index in [0.717, 1.165) is 38.5 Å². The maximum absolute atomic E-state index is 14.8. The van der Waals surface area contributed by atoms with Gasteiger partial charge in [-0.05, 0) is 297 Å². The van der Waals surface area contributed by atoms with Crippen molar-refractivity contribution in [2.45, 2.75) is 165 Å². The van der Waals surface area contributed by atoms with Crippen LogP contribution in [0.3, 0.4) is 0 Å². The molecule has 8 amide bonds. The van der Waals surface area contributed by atoms with Crippen LogP contribution in [0.25, 0.3) is 90.9 Å². The monoisotopic (exact) mass is 1820 g/mol. The van der Waals surface area contributed by atoms with Crippen LogP contribution in [0.5, 0.6) is 11.5 Å². The highest BCUT2D eigenvalue weighted by Crippen LogP contribution is 2.40. The Kier molecular flexibility index (Phi) is 38.4. The maximum Gasteiger partial charge on any atom is 0.328 e. The lowest BCUT2D eigenvalue weighted by molar-refractivity contribution is -0.145. The summed E-state index contributed by atoms with van der Waals surface area (Å²) in [7, 11) is 2.45. The molecule has 2 aliphatic rings. The predicted molar refractivity (Wildman–Crippen MR) is 521 cm³/mol. The first-order valence-corrected chi connectivity index (χ1v) is 46.0. The smallest absolute Gasteiger partial charge is 0.328 e. The summed E-state index contributed by atoms with van der Waals surface area (Å²) in [4.78, 5) is 160. The molecule has 2 aliphatic heterocycles. The molecule has 5 heterocycles. The zero-order valence-corrected chi connectivity index (χ0v) is 75.9. The van der Waals surface area contributed by atoms with Crippen LogP contribution in [0.2, 0.25) is 0 Å². The second-order valence-electron chi connectivity index (χ2n) is 33.2. The first kappa shape index (κ1) is 101. The lowest BCUT2D eigenvalue weighted by atomic mass is 10.0. The van der Waals surface area contributed by atoms with E-state index in [1.807, 2.05) is 48.6 Å². The largest absolute Gasteiger partial charge is 0.508 e. The van der Waals surface area contributed by atoms with Crippen molar-refractivity contribution in [2.75, 3.05) is 66.6 Å². The molecule has 32 nitrogen and oxygen atoms in total. The molecule has 6 atom stereocenters. The number of rotatable bonds is 50. The summed E-state index contributed by atoms with van der Waals surface area (Å²) < 4.78 is 10.2. The molecule has 0 radical (unpaired) electrons. The van der Waals surface area contributed by atoms with Crippen molar-refractivity contribution in [1.29, 1.82) is 0 Å².